The SMILES string of the molecule is COCc1ccccc1CNCc1ccc(Cl)c(Cl)c1. The summed E-state index contributed by atoms with van der Waals surface area (Å²) in [5.41, 5.74) is 3.56. The third-order valence-electron chi connectivity index (χ3n) is 3.05. The van der Waals surface area contributed by atoms with Crippen molar-refractivity contribution in [3.8, 4) is 0 Å². The van der Waals surface area contributed by atoms with E-state index in [1.54, 1.807) is 7.11 Å². The van der Waals surface area contributed by atoms with Crippen LogP contribution in [0.25, 0.3) is 0 Å². The Balaban J connectivity index is 1.94. The lowest BCUT2D eigenvalue weighted by molar-refractivity contribution is 0.184. The lowest BCUT2D eigenvalue weighted by Gasteiger charge is -2.10. The van der Waals surface area contributed by atoms with Crippen molar-refractivity contribution in [1.29, 1.82) is 0 Å². The average molecular weight is 310 g/mol. The lowest BCUT2D eigenvalue weighted by atomic mass is 10.1. The molecule has 0 aliphatic rings. The van der Waals surface area contributed by atoms with E-state index < -0.39 is 0 Å². The molecule has 2 rings (SSSR count). The van der Waals surface area contributed by atoms with Gasteiger partial charge >= 0.3 is 0 Å². The molecule has 1 N–H and O–H groups in total. The molecule has 0 fully saturated rings. The van der Waals surface area contributed by atoms with E-state index in [1.165, 1.54) is 11.1 Å². The first-order chi connectivity index (χ1) is 9.70. The molecular formula is C16H17Cl2NO. The van der Waals surface area contributed by atoms with E-state index >= 15 is 0 Å². The zero-order valence-electron chi connectivity index (χ0n) is 11.3. The summed E-state index contributed by atoms with van der Waals surface area (Å²) in [6, 6.07) is 13.9. The van der Waals surface area contributed by atoms with Crippen LogP contribution in [0.5, 0.6) is 0 Å². The summed E-state index contributed by atoms with van der Waals surface area (Å²) < 4.78 is 5.20. The first-order valence-corrected chi connectivity index (χ1v) is 7.16. The third kappa shape index (κ3) is 4.22. The highest BCUT2D eigenvalue weighted by Gasteiger charge is 2.02. The predicted molar refractivity (Wildman–Crippen MR) is 84.2 cm³/mol. The van der Waals surface area contributed by atoms with Crippen molar-refractivity contribution >= 4 is 23.2 Å². The maximum absolute atomic E-state index is 6.00. The second-order valence-electron chi connectivity index (χ2n) is 4.55. The Bertz CT molecular complexity index is 572. The molecule has 0 amide bonds. The Kier molecular flexibility index (Phi) is 5.86. The van der Waals surface area contributed by atoms with Gasteiger partial charge in [-0.2, -0.15) is 0 Å². The molecule has 0 atom stereocenters. The summed E-state index contributed by atoms with van der Waals surface area (Å²) in [7, 11) is 1.71. The Hall–Kier alpha value is -1.06. The number of benzene rings is 2. The normalized spacial score (nSPS) is 10.8. The molecule has 0 saturated heterocycles. The van der Waals surface area contributed by atoms with Gasteiger partial charge in [-0.15, -0.1) is 0 Å². The smallest absolute Gasteiger partial charge is 0.0716 e. The molecule has 4 heteroatoms. The fourth-order valence-electron chi connectivity index (χ4n) is 2.02. The summed E-state index contributed by atoms with van der Waals surface area (Å²) >= 11 is 11.9. The van der Waals surface area contributed by atoms with Crippen LogP contribution in [0.1, 0.15) is 16.7 Å². The van der Waals surface area contributed by atoms with E-state index in [-0.39, 0.29) is 0 Å². The van der Waals surface area contributed by atoms with Crippen molar-refractivity contribution < 1.29 is 4.74 Å². The van der Waals surface area contributed by atoms with Crippen LogP contribution in [0.4, 0.5) is 0 Å². The van der Waals surface area contributed by atoms with Gasteiger partial charge in [-0.05, 0) is 28.8 Å². The summed E-state index contributed by atoms with van der Waals surface area (Å²) in [6.07, 6.45) is 0. The minimum Gasteiger partial charge on any atom is -0.380 e. The first kappa shape index (κ1) is 15.3. The van der Waals surface area contributed by atoms with Crippen LogP contribution in [0, 0.1) is 0 Å². The average Bonchev–Trinajstić information content (AvgIpc) is 2.45. The zero-order chi connectivity index (χ0) is 14.4. The standard InChI is InChI=1S/C16H17Cl2NO/c1-20-11-14-5-3-2-4-13(14)10-19-9-12-6-7-15(17)16(18)8-12/h2-8,19H,9-11H2,1H3. The number of nitrogens with one attached hydrogen (secondary N) is 1. The van der Waals surface area contributed by atoms with Gasteiger partial charge in [0.1, 0.15) is 0 Å². The molecule has 0 aliphatic heterocycles. The van der Waals surface area contributed by atoms with Crippen LogP contribution < -0.4 is 5.32 Å². The summed E-state index contributed by atoms with van der Waals surface area (Å²) in [5.74, 6) is 0. The molecule has 2 nitrogen and oxygen atoms in total. The number of hydrogen-bond acceptors (Lipinski definition) is 2. The number of ether oxygens (including phenoxy) is 1. The number of methoxy groups -OCH3 is 1. The van der Waals surface area contributed by atoms with Crippen LogP contribution in [0.15, 0.2) is 42.5 Å². The molecule has 0 bridgehead atoms. The first-order valence-electron chi connectivity index (χ1n) is 6.41. The van der Waals surface area contributed by atoms with Crippen LogP contribution >= 0.6 is 23.2 Å². The molecule has 20 heavy (non-hydrogen) atoms. The molecule has 2 aromatic rings. The molecule has 0 saturated carbocycles. The molecule has 0 radical (unpaired) electrons. The predicted octanol–water partition coefficient (Wildman–Crippen LogP) is 4.43. The third-order valence-corrected chi connectivity index (χ3v) is 3.79. The molecule has 106 valence electrons. The highest BCUT2D eigenvalue weighted by Crippen LogP contribution is 2.22. The maximum Gasteiger partial charge on any atom is 0.0716 e. The summed E-state index contributed by atoms with van der Waals surface area (Å²) in [4.78, 5) is 0. The van der Waals surface area contributed by atoms with Crippen molar-refractivity contribution in [2.75, 3.05) is 7.11 Å². The van der Waals surface area contributed by atoms with Gasteiger partial charge in [0.05, 0.1) is 16.7 Å². The summed E-state index contributed by atoms with van der Waals surface area (Å²) in [6.45, 7) is 2.17. The second kappa shape index (κ2) is 7.65. The highest BCUT2D eigenvalue weighted by atomic mass is 35.5. The van der Waals surface area contributed by atoms with E-state index in [1.807, 2.05) is 30.3 Å². The van der Waals surface area contributed by atoms with Crippen molar-refractivity contribution in [3.63, 3.8) is 0 Å². The molecule has 0 aliphatic carbocycles. The van der Waals surface area contributed by atoms with Crippen LogP contribution in [-0.4, -0.2) is 7.11 Å². The van der Waals surface area contributed by atoms with Gasteiger partial charge in [0.2, 0.25) is 0 Å². The van der Waals surface area contributed by atoms with Crippen LogP contribution in [-0.2, 0) is 24.4 Å². The van der Waals surface area contributed by atoms with E-state index in [4.69, 9.17) is 27.9 Å². The summed E-state index contributed by atoms with van der Waals surface area (Å²) in [5, 5.41) is 4.58. The van der Waals surface area contributed by atoms with Gasteiger partial charge in [0.15, 0.2) is 0 Å². The number of hydrogen-bond donors (Lipinski definition) is 1. The van der Waals surface area contributed by atoms with Gasteiger partial charge in [-0.1, -0.05) is 53.5 Å². The lowest BCUT2D eigenvalue weighted by Crippen LogP contribution is -2.14. The molecular weight excluding hydrogens is 293 g/mol. The fourth-order valence-corrected chi connectivity index (χ4v) is 2.34. The zero-order valence-corrected chi connectivity index (χ0v) is 12.8. The van der Waals surface area contributed by atoms with Crippen molar-refractivity contribution in [1.82, 2.24) is 5.32 Å². The monoisotopic (exact) mass is 309 g/mol. The molecule has 0 heterocycles. The van der Waals surface area contributed by atoms with Crippen molar-refractivity contribution in [2.24, 2.45) is 0 Å². The quantitative estimate of drug-likeness (QED) is 0.852. The van der Waals surface area contributed by atoms with Crippen molar-refractivity contribution in [3.05, 3.63) is 69.2 Å². The van der Waals surface area contributed by atoms with Gasteiger partial charge in [-0.3, -0.25) is 0 Å². The van der Waals surface area contributed by atoms with Gasteiger partial charge in [0.25, 0.3) is 0 Å². The van der Waals surface area contributed by atoms with E-state index in [2.05, 4.69) is 17.4 Å². The largest absolute Gasteiger partial charge is 0.380 e. The Morgan fingerprint density at radius 1 is 0.950 bits per heavy atom. The van der Waals surface area contributed by atoms with E-state index in [0.29, 0.717) is 16.7 Å². The Morgan fingerprint density at radius 3 is 2.40 bits per heavy atom. The minimum atomic E-state index is 0.584. The number of halogens is 2. The molecule has 0 spiro atoms. The minimum absolute atomic E-state index is 0.584. The van der Waals surface area contributed by atoms with Crippen LogP contribution in [0.3, 0.4) is 0 Å². The van der Waals surface area contributed by atoms with Crippen LogP contribution in [0.2, 0.25) is 10.0 Å². The Morgan fingerprint density at radius 2 is 1.70 bits per heavy atom. The topological polar surface area (TPSA) is 21.3 Å². The molecule has 2 aromatic carbocycles. The highest BCUT2D eigenvalue weighted by molar-refractivity contribution is 6.42. The molecule has 0 aromatic heterocycles. The van der Waals surface area contributed by atoms with Gasteiger partial charge < -0.3 is 10.1 Å². The number of rotatable bonds is 6. The Labute approximate surface area is 129 Å². The van der Waals surface area contributed by atoms with E-state index in [0.717, 1.165) is 18.7 Å². The maximum atomic E-state index is 6.00. The fraction of sp³-hybridized carbons (Fsp3) is 0.250. The van der Waals surface area contributed by atoms with Gasteiger partial charge in [-0.25, -0.2) is 0 Å². The van der Waals surface area contributed by atoms with Gasteiger partial charge in [0, 0.05) is 20.2 Å². The van der Waals surface area contributed by atoms with E-state index in [9.17, 15) is 0 Å². The molecule has 0 unspecified atom stereocenters. The van der Waals surface area contributed by atoms with Crippen molar-refractivity contribution in [2.45, 2.75) is 19.7 Å². The second-order valence-corrected chi connectivity index (χ2v) is 5.37.